The normalized spacial score (nSPS) is 14.5. The van der Waals surface area contributed by atoms with Crippen molar-refractivity contribution in [3.8, 4) is 5.69 Å². The maximum absolute atomic E-state index is 9.48. The molecule has 1 aromatic heterocycles. The van der Waals surface area contributed by atoms with Gasteiger partial charge in [0, 0.05) is 5.25 Å². The van der Waals surface area contributed by atoms with Gasteiger partial charge in [-0.05, 0) is 29.5 Å². The molecule has 0 aliphatic rings. The van der Waals surface area contributed by atoms with Crippen molar-refractivity contribution in [3.05, 3.63) is 30.3 Å². The van der Waals surface area contributed by atoms with Crippen molar-refractivity contribution in [3.63, 3.8) is 0 Å². The number of hydrogen-bond acceptors (Lipinski definition) is 5. The Balaban J connectivity index is 2.23. The molecule has 2 aromatic rings. The van der Waals surface area contributed by atoms with E-state index in [0.29, 0.717) is 5.16 Å². The fourth-order valence-corrected chi connectivity index (χ4v) is 2.10. The fraction of sp³-hybridized carbons (Fsp3) is 0.364. The van der Waals surface area contributed by atoms with Crippen molar-refractivity contribution < 1.29 is 5.11 Å². The fourth-order valence-electron chi connectivity index (χ4n) is 1.25. The van der Waals surface area contributed by atoms with Crippen LogP contribution in [0.15, 0.2) is 35.5 Å². The molecule has 1 N–H and O–H groups in total. The third kappa shape index (κ3) is 2.83. The van der Waals surface area contributed by atoms with E-state index in [9.17, 15) is 5.11 Å². The predicted molar refractivity (Wildman–Crippen MR) is 66.2 cm³/mol. The van der Waals surface area contributed by atoms with Gasteiger partial charge in [0.15, 0.2) is 0 Å². The molecule has 0 aliphatic heterocycles. The number of thioether (sulfide) groups is 1. The van der Waals surface area contributed by atoms with E-state index in [1.54, 1.807) is 11.6 Å². The maximum atomic E-state index is 9.48. The maximum Gasteiger partial charge on any atom is 0.214 e. The number of tetrazole rings is 1. The summed E-state index contributed by atoms with van der Waals surface area (Å²) in [5.41, 5.74) is 0.915. The van der Waals surface area contributed by atoms with E-state index in [4.69, 9.17) is 0 Å². The molecule has 17 heavy (non-hydrogen) atoms. The van der Waals surface area contributed by atoms with Crippen molar-refractivity contribution in [2.24, 2.45) is 0 Å². The highest BCUT2D eigenvalue weighted by Gasteiger charge is 2.16. The third-order valence-electron chi connectivity index (χ3n) is 2.41. The molecule has 1 heterocycles. The van der Waals surface area contributed by atoms with Crippen LogP contribution in [0.4, 0.5) is 0 Å². The predicted octanol–water partition coefficient (Wildman–Crippen LogP) is 1.52. The van der Waals surface area contributed by atoms with Crippen LogP contribution in [0, 0.1) is 0 Å². The van der Waals surface area contributed by atoms with E-state index in [-0.39, 0.29) is 5.25 Å². The summed E-state index contributed by atoms with van der Waals surface area (Å²) in [5, 5.41) is 21.8. The molecule has 0 fully saturated rings. The van der Waals surface area contributed by atoms with Crippen molar-refractivity contribution in [2.75, 3.05) is 0 Å². The number of aromatic nitrogens is 4. The molecular formula is C11H14N4OS. The first-order valence-electron chi connectivity index (χ1n) is 5.37. The molecule has 1 aromatic carbocycles. The first-order valence-corrected chi connectivity index (χ1v) is 6.25. The summed E-state index contributed by atoms with van der Waals surface area (Å²) in [5.74, 6) is 0. The van der Waals surface area contributed by atoms with Crippen molar-refractivity contribution in [1.29, 1.82) is 0 Å². The Labute approximate surface area is 104 Å². The molecule has 2 rings (SSSR count). The summed E-state index contributed by atoms with van der Waals surface area (Å²) in [6, 6.07) is 9.69. The monoisotopic (exact) mass is 250 g/mol. The van der Waals surface area contributed by atoms with Crippen LogP contribution in [0.3, 0.4) is 0 Å². The van der Waals surface area contributed by atoms with Crippen LogP contribution in [-0.4, -0.2) is 36.7 Å². The van der Waals surface area contributed by atoms with Gasteiger partial charge in [-0.25, -0.2) is 0 Å². The van der Waals surface area contributed by atoms with E-state index in [1.165, 1.54) is 11.8 Å². The van der Waals surface area contributed by atoms with Crippen LogP contribution in [0.5, 0.6) is 0 Å². The van der Waals surface area contributed by atoms with Gasteiger partial charge in [-0.3, -0.25) is 0 Å². The molecule has 0 radical (unpaired) electrons. The van der Waals surface area contributed by atoms with Gasteiger partial charge in [0.2, 0.25) is 5.16 Å². The van der Waals surface area contributed by atoms with E-state index in [0.717, 1.165) is 5.69 Å². The van der Waals surface area contributed by atoms with E-state index in [2.05, 4.69) is 15.5 Å². The van der Waals surface area contributed by atoms with Crippen molar-refractivity contribution >= 4 is 11.8 Å². The number of nitrogens with zero attached hydrogens (tertiary/aromatic N) is 4. The molecule has 0 saturated carbocycles. The molecule has 0 aliphatic carbocycles. The zero-order valence-electron chi connectivity index (χ0n) is 9.69. The highest BCUT2D eigenvalue weighted by Crippen LogP contribution is 2.24. The molecule has 0 saturated heterocycles. The molecule has 2 atom stereocenters. The molecular weight excluding hydrogens is 236 g/mol. The Bertz CT molecular complexity index is 471. The topological polar surface area (TPSA) is 63.8 Å². The first kappa shape index (κ1) is 12.1. The quantitative estimate of drug-likeness (QED) is 0.834. The van der Waals surface area contributed by atoms with Crippen molar-refractivity contribution in [2.45, 2.75) is 30.4 Å². The van der Waals surface area contributed by atoms with E-state index in [1.807, 2.05) is 37.3 Å². The number of rotatable bonds is 4. The molecule has 0 bridgehead atoms. The lowest BCUT2D eigenvalue weighted by Gasteiger charge is -2.12. The van der Waals surface area contributed by atoms with Crippen LogP contribution in [-0.2, 0) is 0 Å². The Morgan fingerprint density at radius 1 is 1.24 bits per heavy atom. The minimum atomic E-state index is -0.402. The second-order valence-electron chi connectivity index (χ2n) is 3.77. The van der Waals surface area contributed by atoms with E-state index < -0.39 is 6.10 Å². The molecule has 0 amide bonds. The second-order valence-corrected chi connectivity index (χ2v) is 5.12. The van der Waals surface area contributed by atoms with Crippen LogP contribution in [0.2, 0.25) is 0 Å². The van der Waals surface area contributed by atoms with Crippen molar-refractivity contribution in [1.82, 2.24) is 20.2 Å². The average molecular weight is 250 g/mol. The number of aliphatic hydroxyl groups is 1. The zero-order valence-corrected chi connectivity index (χ0v) is 10.5. The van der Waals surface area contributed by atoms with Crippen LogP contribution in [0.1, 0.15) is 13.8 Å². The van der Waals surface area contributed by atoms with Gasteiger partial charge in [-0.1, -0.05) is 36.9 Å². The first-order chi connectivity index (χ1) is 8.18. The van der Waals surface area contributed by atoms with Crippen LogP contribution < -0.4 is 0 Å². The van der Waals surface area contributed by atoms with Gasteiger partial charge in [0.1, 0.15) is 0 Å². The lowest BCUT2D eigenvalue weighted by atomic mass is 10.3. The lowest BCUT2D eigenvalue weighted by Crippen LogP contribution is -2.16. The average Bonchev–Trinajstić information content (AvgIpc) is 2.78. The Kier molecular flexibility index (Phi) is 3.75. The minimum absolute atomic E-state index is 0.0449. The Morgan fingerprint density at radius 2 is 1.94 bits per heavy atom. The largest absolute Gasteiger partial charge is 0.392 e. The van der Waals surface area contributed by atoms with Gasteiger partial charge < -0.3 is 5.11 Å². The highest BCUT2D eigenvalue weighted by molar-refractivity contribution is 7.99. The molecule has 90 valence electrons. The molecule has 2 unspecified atom stereocenters. The Morgan fingerprint density at radius 3 is 2.59 bits per heavy atom. The zero-order chi connectivity index (χ0) is 12.3. The standard InChI is InChI=1S/C11H14N4OS/c1-8(16)9(2)17-11-12-13-14-15(11)10-6-4-3-5-7-10/h3-9,16H,1-2H3. The number of para-hydroxylation sites is 1. The summed E-state index contributed by atoms with van der Waals surface area (Å²) in [6.07, 6.45) is -0.402. The number of hydrogen-bond donors (Lipinski definition) is 1. The van der Waals surface area contributed by atoms with Gasteiger partial charge in [-0.15, -0.1) is 5.10 Å². The van der Waals surface area contributed by atoms with Crippen LogP contribution in [0.25, 0.3) is 5.69 Å². The Hall–Kier alpha value is -1.40. The second kappa shape index (κ2) is 5.29. The van der Waals surface area contributed by atoms with Gasteiger partial charge in [0.25, 0.3) is 0 Å². The summed E-state index contributed by atoms with van der Waals surface area (Å²) in [7, 11) is 0. The van der Waals surface area contributed by atoms with Crippen LogP contribution >= 0.6 is 11.8 Å². The van der Waals surface area contributed by atoms with Gasteiger partial charge in [0.05, 0.1) is 11.8 Å². The minimum Gasteiger partial charge on any atom is -0.392 e. The lowest BCUT2D eigenvalue weighted by molar-refractivity contribution is 0.196. The summed E-state index contributed by atoms with van der Waals surface area (Å²) >= 11 is 1.46. The van der Waals surface area contributed by atoms with Gasteiger partial charge >= 0.3 is 0 Å². The smallest absolute Gasteiger partial charge is 0.214 e. The summed E-state index contributed by atoms with van der Waals surface area (Å²) in [6.45, 7) is 3.70. The van der Waals surface area contributed by atoms with E-state index >= 15 is 0 Å². The molecule has 6 heteroatoms. The highest BCUT2D eigenvalue weighted by atomic mass is 32.2. The SMILES string of the molecule is CC(O)C(C)Sc1nnnn1-c1ccccc1. The van der Waals surface area contributed by atoms with Gasteiger partial charge in [-0.2, -0.15) is 4.68 Å². The molecule has 0 spiro atoms. The molecule has 5 nitrogen and oxygen atoms in total. The number of benzene rings is 1. The third-order valence-corrected chi connectivity index (χ3v) is 3.64. The summed E-state index contributed by atoms with van der Waals surface area (Å²) < 4.78 is 1.67. The summed E-state index contributed by atoms with van der Waals surface area (Å²) in [4.78, 5) is 0. The number of aliphatic hydroxyl groups excluding tert-OH is 1.